The molecule has 148 valence electrons. The van der Waals surface area contributed by atoms with Gasteiger partial charge in [0.1, 0.15) is 5.69 Å². The van der Waals surface area contributed by atoms with Crippen LogP contribution in [0.2, 0.25) is 0 Å². The first-order chi connectivity index (χ1) is 13.6. The second-order valence-corrected chi connectivity index (χ2v) is 7.43. The number of hydrogen-bond donors (Lipinski definition) is 1. The molecule has 3 aromatic rings. The molecule has 0 saturated carbocycles. The van der Waals surface area contributed by atoms with Gasteiger partial charge in [-0.25, -0.2) is 0 Å². The summed E-state index contributed by atoms with van der Waals surface area (Å²) in [4.78, 5) is 15.2. The standard InChI is InChI=1S/C22H27N3O3/c1-16-3-4-17(2)18(13-16)15-25-19-5-10-28-21(19)14-20(25)22(26)23-6-7-24-8-11-27-12-9-24/h3-5,10,13-14H,6-9,11-12,15H2,1-2H3,(H,23,26). The van der Waals surface area contributed by atoms with Crippen LogP contribution < -0.4 is 5.32 Å². The topological polar surface area (TPSA) is 59.6 Å². The SMILES string of the molecule is Cc1ccc(C)c(Cn2c(C(=O)NCCN3CCOCC3)cc3occc32)c1. The molecule has 0 atom stereocenters. The molecule has 1 N–H and O–H groups in total. The summed E-state index contributed by atoms with van der Waals surface area (Å²) >= 11 is 0. The molecule has 0 aliphatic carbocycles. The number of aromatic nitrogens is 1. The molecule has 0 radical (unpaired) electrons. The van der Waals surface area contributed by atoms with Gasteiger partial charge in [0, 0.05) is 44.9 Å². The molecule has 1 saturated heterocycles. The van der Waals surface area contributed by atoms with Crippen LogP contribution in [0.25, 0.3) is 11.1 Å². The van der Waals surface area contributed by atoms with Crippen LogP contribution in [-0.4, -0.2) is 54.8 Å². The van der Waals surface area contributed by atoms with E-state index in [1.54, 1.807) is 6.26 Å². The first kappa shape index (κ1) is 18.8. The largest absolute Gasteiger partial charge is 0.463 e. The maximum atomic E-state index is 12.9. The highest BCUT2D eigenvalue weighted by Crippen LogP contribution is 2.24. The average molecular weight is 381 g/mol. The van der Waals surface area contributed by atoms with Crippen LogP contribution in [0.3, 0.4) is 0 Å². The number of nitrogens with zero attached hydrogens (tertiary/aromatic N) is 2. The fraction of sp³-hybridized carbons (Fsp3) is 0.409. The first-order valence-corrected chi connectivity index (χ1v) is 9.83. The third-order valence-electron chi connectivity index (χ3n) is 5.41. The minimum absolute atomic E-state index is 0.0648. The molecular weight excluding hydrogens is 354 g/mol. The lowest BCUT2D eigenvalue weighted by Crippen LogP contribution is -2.41. The molecular formula is C22H27N3O3. The van der Waals surface area contributed by atoms with Gasteiger partial charge in [0.25, 0.3) is 5.91 Å². The highest BCUT2D eigenvalue weighted by atomic mass is 16.5. The van der Waals surface area contributed by atoms with Crippen LogP contribution in [0.1, 0.15) is 27.2 Å². The van der Waals surface area contributed by atoms with Crippen LogP contribution >= 0.6 is 0 Å². The Bertz CT molecular complexity index is 967. The van der Waals surface area contributed by atoms with Gasteiger partial charge in [0.2, 0.25) is 0 Å². The Morgan fingerprint density at radius 1 is 1.14 bits per heavy atom. The molecule has 6 nitrogen and oxygen atoms in total. The normalized spacial score (nSPS) is 15.2. The number of furan rings is 1. The highest BCUT2D eigenvalue weighted by Gasteiger charge is 2.18. The number of hydrogen-bond acceptors (Lipinski definition) is 4. The summed E-state index contributed by atoms with van der Waals surface area (Å²) in [5.74, 6) is -0.0648. The molecule has 3 heterocycles. The van der Waals surface area contributed by atoms with Gasteiger partial charge in [-0.3, -0.25) is 9.69 Å². The number of benzene rings is 1. The van der Waals surface area contributed by atoms with Crippen LogP contribution in [0, 0.1) is 13.8 Å². The van der Waals surface area contributed by atoms with E-state index in [2.05, 4.69) is 42.3 Å². The molecule has 1 amide bonds. The van der Waals surface area contributed by atoms with E-state index in [0.717, 1.165) is 43.9 Å². The van der Waals surface area contributed by atoms with E-state index in [1.165, 1.54) is 16.7 Å². The molecule has 0 unspecified atom stereocenters. The molecule has 0 spiro atoms. The minimum Gasteiger partial charge on any atom is -0.463 e. The van der Waals surface area contributed by atoms with Crippen LogP contribution in [0.5, 0.6) is 0 Å². The van der Waals surface area contributed by atoms with Gasteiger partial charge in [-0.2, -0.15) is 0 Å². The molecule has 6 heteroatoms. The van der Waals surface area contributed by atoms with Crippen LogP contribution in [0.4, 0.5) is 0 Å². The molecule has 0 bridgehead atoms. The summed E-state index contributed by atoms with van der Waals surface area (Å²) < 4.78 is 13.0. The van der Waals surface area contributed by atoms with Crippen molar-refractivity contribution in [2.75, 3.05) is 39.4 Å². The van der Waals surface area contributed by atoms with Gasteiger partial charge in [-0.05, 0) is 25.0 Å². The van der Waals surface area contributed by atoms with Crippen molar-refractivity contribution in [2.45, 2.75) is 20.4 Å². The maximum absolute atomic E-state index is 12.9. The fourth-order valence-electron chi connectivity index (χ4n) is 3.72. The second-order valence-electron chi connectivity index (χ2n) is 7.43. The highest BCUT2D eigenvalue weighted by molar-refractivity contribution is 5.97. The number of morpholine rings is 1. The van der Waals surface area contributed by atoms with Crippen molar-refractivity contribution in [1.82, 2.24) is 14.8 Å². The molecule has 4 rings (SSSR count). The molecule has 2 aromatic heterocycles. The number of aryl methyl sites for hydroxylation is 2. The second kappa shape index (κ2) is 8.20. The zero-order valence-electron chi connectivity index (χ0n) is 16.5. The van der Waals surface area contributed by atoms with E-state index in [9.17, 15) is 4.79 Å². The fourth-order valence-corrected chi connectivity index (χ4v) is 3.72. The third-order valence-corrected chi connectivity index (χ3v) is 5.41. The average Bonchev–Trinajstić information content (AvgIpc) is 3.28. The Balaban J connectivity index is 1.51. The summed E-state index contributed by atoms with van der Waals surface area (Å²) in [5, 5.41) is 3.07. The van der Waals surface area contributed by atoms with Crippen LogP contribution in [-0.2, 0) is 11.3 Å². The van der Waals surface area contributed by atoms with E-state index in [1.807, 2.05) is 16.7 Å². The van der Waals surface area contributed by atoms with E-state index in [0.29, 0.717) is 18.8 Å². The Morgan fingerprint density at radius 3 is 2.79 bits per heavy atom. The Labute approximate surface area is 165 Å². The van der Waals surface area contributed by atoms with Crippen molar-refractivity contribution < 1.29 is 13.9 Å². The number of rotatable bonds is 6. The predicted octanol–water partition coefficient (Wildman–Crippen LogP) is 2.96. The van der Waals surface area contributed by atoms with E-state index in [4.69, 9.17) is 9.15 Å². The molecule has 28 heavy (non-hydrogen) atoms. The lowest BCUT2D eigenvalue weighted by Gasteiger charge is -2.26. The van der Waals surface area contributed by atoms with Gasteiger partial charge in [-0.1, -0.05) is 23.8 Å². The summed E-state index contributed by atoms with van der Waals surface area (Å²) in [6, 6.07) is 10.2. The van der Waals surface area contributed by atoms with E-state index >= 15 is 0 Å². The molecule has 1 fully saturated rings. The Morgan fingerprint density at radius 2 is 1.96 bits per heavy atom. The van der Waals surface area contributed by atoms with Crippen LogP contribution in [0.15, 0.2) is 41.0 Å². The minimum atomic E-state index is -0.0648. The van der Waals surface area contributed by atoms with E-state index < -0.39 is 0 Å². The number of carbonyl (C=O) groups excluding carboxylic acids is 1. The number of nitrogens with one attached hydrogen (secondary N) is 1. The summed E-state index contributed by atoms with van der Waals surface area (Å²) in [6.45, 7) is 9.67. The lowest BCUT2D eigenvalue weighted by molar-refractivity contribution is 0.0383. The number of amides is 1. The monoisotopic (exact) mass is 381 g/mol. The Hall–Kier alpha value is -2.57. The van der Waals surface area contributed by atoms with Crippen molar-refractivity contribution in [3.8, 4) is 0 Å². The molecule has 1 aliphatic rings. The van der Waals surface area contributed by atoms with Gasteiger partial charge >= 0.3 is 0 Å². The first-order valence-electron chi connectivity index (χ1n) is 9.83. The quantitative estimate of drug-likeness (QED) is 0.713. The number of ether oxygens (including phenoxy) is 1. The zero-order chi connectivity index (χ0) is 19.5. The zero-order valence-corrected chi connectivity index (χ0v) is 16.5. The van der Waals surface area contributed by atoms with Crippen molar-refractivity contribution in [1.29, 1.82) is 0 Å². The van der Waals surface area contributed by atoms with Gasteiger partial charge < -0.3 is 19.0 Å². The van der Waals surface area contributed by atoms with Crippen molar-refractivity contribution in [2.24, 2.45) is 0 Å². The maximum Gasteiger partial charge on any atom is 0.268 e. The van der Waals surface area contributed by atoms with Crippen molar-refractivity contribution >= 4 is 17.0 Å². The van der Waals surface area contributed by atoms with Gasteiger partial charge in [0.15, 0.2) is 5.58 Å². The lowest BCUT2D eigenvalue weighted by atomic mass is 10.1. The van der Waals surface area contributed by atoms with Crippen molar-refractivity contribution in [3.63, 3.8) is 0 Å². The smallest absolute Gasteiger partial charge is 0.268 e. The van der Waals surface area contributed by atoms with Crippen molar-refractivity contribution in [3.05, 3.63) is 59.0 Å². The molecule has 1 aromatic carbocycles. The summed E-state index contributed by atoms with van der Waals surface area (Å²) in [6.07, 6.45) is 1.67. The third kappa shape index (κ3) is 3.98. The number of fused-ring (bicyclic) bond motifs is 1. The summed E-state index contributed by atoms with van der Waals surface area (Å²) in [7, 11) is 0. The van der Waals surface area contributed by atoms with Gasteiger partial charge in [-0.15, -0.1) is 0 Å². The number of carbonyl (C=O) groups is 1. The van der Waals surface area contributed by atoms with E-state index in [-0.39, 0.29) is 5.91 Å². The molecule has 1 aliphatic heterocycles. The predicted molar refractivity (Wildman–Crippen MR) is 109 cm³/mol. The Kier molecular flexibility index (Phi) is 5.50. The van der Waals surface area contributed by atoms with Gasteiger partial charge in [0.05, 0.1) is 25.0 Å². The summed E-state index contributed by atoms with van der Waals surface area (Å²) in [5.41, 5.74) is 5.96.